The van der Waals surface area contributed by atoms with Crippen molar-refractivity contribution in [1.82, 2.24) is 4.57 Å². The Morgan fingerprint density at radius 3 is 2.69 bits per heavy atom. The van der Waals surface area contributed by atoms with Crippen molar-refractivity contribution in [3.63, 3.8) is 0 Å². The number of nitrogens with zero attached hydrogens (tertiary/aromatic N) is 1. The number of hydrogen-bond acceptors (Lipinski definition) is 3. The van der Waals surface area contributed by atoms with E-state index in [4.69, 9.17) is 5.11 Å². The first-order chi connectivity index (χ1) is 7.29. The summed E-state index contributed by atoms with van der Waals surface area (Å²) in [6.07, 6.45) is 3.20. The zero-order valence-electron chi connectivity index (χ0n) is 8.68. The third kappa shape index (κ3) is 3.97. The molecule has 5 nitrogen and oxygen atoms in total. The largest absolute Gasteiger partial charge is 0.477 e. The maximum atomic E-state index is 10.9. The molecule has 0 aromatic carbocycles. The lowest BCUT2D eigenvalue weighted by Crippen LogP contribution is -2.11. The number of hydrogen-bond donors (Lipinski definition) is 1. The molecule has 0 unspecified atom stereocenters. The van der Waals surface area contributed by atoms with Crippen molar-refractivity contribution in [2.45, 2.75) is 13.0 Å². The fourth-order valence-electron chi connectivity index (χ4n) is 1.34. The van der Waals surface area contributed by atoms with Crippen LogP contribution in [-0.2, 0) is 16.4 Å². The molecule has 0 aliphatic heterocycles. The molecule has 0 radical (unpaired) electrons. The highest BCUT2D eigenvalue weighted by molar-refractivity contribution is 9.10. The second-order valence-electron chi connectivity index (χ2n) is 3.53. The molecule has 1 N–H and O–H groups in total. The van der Waals surface area contributed by atoms with Crippen molar-refractivity contribution in [1.29, 1.82) is 0 Å². The van der Waals surface area contributed by atoms with Crippen LogP contribution >= 0.6 is 15.9 Å². The number of sulfone groups is 1. The molecule has 90 valence electrons. The van der Waals surface area contributed by atoms with Gasteiger partial charge in [-0.3, -0.25) is 0 Å². The van der Waals surface area contributed by atoms with Gasteiger partial charge >= 0.3 is 5.97 Å². The molecule has 0 amide bonds. The van der Waals surface area contributed by atoms with Gasteiger partial charge in [0.15, 0.2) is 0 Å². The van der Waals surface area contributed by atoms with Crippen LogP contribution < -0.4 is 0 Å². The SMILES string of the molecule is CS(=O)(=O)CCCn1cc(Br)cc1C(=O)O. The van der Waals surface area contributed by atoms with Crippen molar-refractivity contribution in [2.24, 2.45) is 0 Å². The van der Waals surface area contributed by atoms with Crippen LogP contribution in [0.15, 0.2) is 16.7 Å². The fourth-order valence-corrected chi connectivity index (χ4v) is 2.45. The molecular formula is C9H12BrNO4S. The highest BCUT2D eigenvalue weighted by Gasteiger charge is 2.11. The molecular weight excluding hydrogens is 298 g/mol. The summed E-state index contributed by atoms with van der Waals surface area (Å²) in [5, 5.41) is 8.88. The lowest BCUT2D eigenvalue weighted by molar-refractivity contribution is 0.0685. The van der Waals surface area contributed by atoms with Gasteiger partial charge in [0, 0.05) is 23.5 Å². The Balaban J connectivity index is 2.70. The van der Waals surface area contributed by atoms with Gasteiger partial charge in [-0.25, -0.2) is 13.2 Å². The third-order valence-corrected chi connectivity index (χ3v) is 3.46. The highest BCUT2D eigenvalue weighted by Crippen LogP contribution is 2.15. The van der Waals surface area contributed by atoms with Crippen molar-refractivity contribution < 1.29 is 18.3 Å². The lowest BCUT2D eigenvalue weighted by atomic mass is 10.4. The van der Waals surface area contributed by atoms with E-state index in [2.05, 4.69) is 15.9 Å². The van der Waals surface area contributed by atoms with Crippen LogP contribution in [0.1, 0.15) is 16.9 Å². The lowest BCUT2D eigenvalue weighted by Gasteiger charge is -2.04. The molecule has 7 heteroatoms. The quantitative estimate of drug-likeness (QED) is 0.891. The molecule has 1 aromatic rings. The second kappa shape index (κ2) is 5.01. The first-order valence-electron chi connectivity index (χ1n) is 4.56. The molecule has 0 fully saturated rings. The van der Waals surface area contributed by atoms with Crippen LogP contribution in [0, 0.1) is 0 Å². The number of carboxylic acids is 1. The normalized spacial score (nSPS) is 11.6. The predicted molar refractivity (Wildman–Crippen MR) is 63.4 cm³/mol. The molecule has 0 bridgehead atoms. The monoisotopic (exact) mass is 309 g/mol. The van der Waals surface area contributed by atoms with Gasteiger partial charge in [-0.2, -0.15) is 0 Å². The summed E-state index contributed by atoms with van der Waals surface area (Å²) in [7, 11) is -2.99. The molecule has 16 heavy (non-hydrogen) atoms. The molecule has 1 rings (SSSR count). The minimum absolute atomic E-state index is 0.0574. The van der Waals surface area contributed by atoms with E-state index >= 15 is 0 Å². The van der Waals surface area contributed by atoms with Crippen LogP contribution in [0.25, 0.3) is 0 Å². The first-order valence-corrected chi connectivity index (χ1v) is 7.41. The van der Waals surface area contributed by atoms with Gasteiger partial charge in [-0.15, -0.1) is 0 Å². The Morgan fingerprint density at radius 2 is 2.19 bits per heavy atom. The number of aromatic nitrogens is 1. The number of rotatable bonds is 5. The average Bonchev–Trinajstić information content (AvgIpc) is 2.44. The predicted octanol–water partition coefficient (Wildman–Crippen LogP) is 1.38. The van der Waals surface area contributed by atoms with E-state index in [0.29, 0.717) is 17.4 Å². The number of carbonyl (C=O) groups is 1. The van der Waals surface area contributed by atoms with E-state index in [-0.39, 0.29) is 11.4 Å². The van der Waals surface area contributed by atoms with Gasteiger partial charge in [0.2, 0.25) is 0 Å². The average molecular weight is 310 g/mol. The summed E-state index contributed by atoms with van der Waals surface area (Å²) in [6.45, 7) is 0.375. The molecule has 0 atom stereocenters. The van der Waals surface area contributed by atoms with E-state index in [1.54, 1.807) is 6.20 Å². The van der Waals surface area contributed by atoms with E-state index < -0.39 is 15.8 Å². The maximum Gasteiger partial charge on any atom is 0.352 e. The van der Waals surface area contributed by atoms with Crippen LogP contribution in [-0.4, -0.2) is 36.1 Å². The van der Waals surface area contributed by atoms with Crippen molar-refractivity contribution in [3.8, 4) is 0 Å². The summed E-state index contributed by atoms with van der Waals surface area (Å²) >= 11 is 3.18. The fraction of sp³-hybridized carbons (Fsp3) is 0.444. The number of aryl methyl sites for hydroxylation is 1. The Morgan fingerprint density at radius 1 is 1.56 bits per heavy atom. The number of halogens is 1. The van der Waals surface area contributed by atoms with Crippen molar-refractivity contribution >= 4 is 31.7 Å². The van der Waals surface area contributed by atoms with Crippen LogP contribution in [0.2, 0.25) is 0 Å². The zero-order valence-corrected chi connectivity index (χ0v) is 11.1. The summed E-state index contributed by atoms with van der Waals surface area (Å²) in [5.41, 5.74) is 0.153. The van der Waals surface area contributed by atoms with Gasteiger partial charge in [-0.1, -0.05) is 0 Å². The molecule has 0 saturated carbocycles. The van der Waals surface area contributed by atoms with Gasteiger partial charge in [0.05, 0.1) is 5.75 Å². The smallest absolute Gasteiger partial charge is 0.352 e. The molecule has 0 saturated heterocycles. The van der Waals surface area contributed by atoms with Crippen molar-refractivity contribution in [2.75, 3.05) is 12.0 Å². The minimum Gasteiger partial charge on any atom is -0.477 e. The summed E-state index contributed by atoms with van der Waals surface area (Å²) in [6, 6.07) is 1.49. The Hall–Kier alpha value is -0.820. The van der Waals surface area contributed by atoms with Crippen LogP contribution in [0.4, 0.5) is 0 Å². The zero-order chi connectivity index (χ0) is 12.3. The summed E-state index contributed by atoms with van der Waals surface area (Å²) in [5.74, 6) is -0.966. The maximum absolute atomic E-state index is 10.9. The Labute approximate surface area is 102 Å². The van der Waals surface area contributed by atoms with E-state index in [1.807, 2.05) is 0 Å². The van der Waals surface area contributed by atoms with Crippen molar-refractivity contribution in [3.05, 3.63) is 22.4 Å². The Kier molecular flexibility index (Phi) is 4.15. The molecule has 0 aliphatic carbocycles. The third-order valence-electron chi connectivity index (χ3n) is 2.00. The molecule has 0 spiro atoms. The number of aromatic carboxylic acids is 1. The van der Waals surface area contributed by atoms with Crippen LogP contribution in [0.5, 0.6) is 0 Å². The highest BCUT2D eigenvalue weighted by atomic mass is 79.9. The van der Waals surface area contributed by atoms with Gasteiger partial charge in [-0.05, 0) is 28.4 Å². The van der Waals surface area contributed by atoms with Crippen LogP contribution in [0.3, 0.4) is 0 Å². The van der Waals surface area contributed by atoms with Gasteiger partial charge in [0.1, 0.15) is 15.5 Å². The topological polar surface area (TPSA) is 76.4 Å². The molecule has 1 heterocycles. The second-order valence-corrected chi connectivity index (χ2v) is 6.70. The standard InChI is InChI=1S/C9H12BrNO4S/c1-16(14,15)4-2-3-11-6-7(10)5-8(11)9(12)13/h5-6H,2-4H2,1H3,(H,12,13). The van der Waals surface area contributed by atoms with E-state index in [1.165, 1.54) is 10.6 Å². The summed E-state index contributed by atoms with van der Waals surface area (Å²) < 4.78 is 24.0. The van der Waals surface area contributed by atoms with Gasteiger partial charge < -0.3 is 9.67 Å². The Bertz CT molecular complexity index is 492. The van der Waals surface area contributed by atoms with E-state index in [0.717, 1.165) is 6.26 Å². The van der Waals surface area contributed by atoms with E-state index in [9.17, 15) is 13.2 Å². The molecule has 1 aromatic heterocycles. The molecule has 0 aliphatic rings. The first kappa shape index (κ1) is 13.2. The number of carboxylic acid groups (broad SMARTS) is 1. The minimum atomic E-state index is -2.99. The summed E-state index contributed by atoms with van der Waals surface area (Å²) in [4.78, 5) is 10.8. The van der Waals surface area contributed by atoms with Gasteiger partial charge in [0.25, 0.3) is 0 Å².